The average Bonchev–Trinajstić information content (AvgIpc) is 2.85. The van der Waals surface area contributed by atoms with Crippen molar-refractivity contribution in [2.75, 3.05) is 6.54 Å². The Bertz CT molecular complexity index is 314. The standard InChI is InChI=1S/C11H20N4/c1-3-4-11(5-6-11)8-12-7-10-13-9-14-15(10)2/h9,12H,3-8H2,1-2H3. The summed E-state index contributed by atoms with van der Waals surface area (Å²) >= 11 is 0. The minimum atomic E-state index is 0.618. The molecular formula is C11H20N4. The maximum atomic E-state index is 4.19. The summed E-state index contributed by atoms with van der Waals surface area (Å²) in [5.41, 5.74) is 0.618. The molecule has 0 aliphatic heterocycles. The summed E-state index contributed by atoms with van der Waals surface area (Å²) in [5.74, 6) is 1.02. The van der Waals surface area contributed by atoms with Crippen LogP contribution in [-0.2, 0) is 13.6 Å². The lowest BCUT2D eigenvalue weighted by Gasteiger charge is -2.14. The second-order valence-electron chi connectivity index (χ2n) is 4.65. The van der Waals surface area contributed by atoms with Gasteiger partial charge in [0.15, 0.2) is 0 Å². The van der Waals surface area contributed by atoms with Gasteiger partial charge in [0.25, 0.3) is 0 Å². The van der Waals surface area contributed by atoms with Crippen molar-refractivity contribution in [1.82, 2.24) is 20.1 Å². The van der Waals surface area contributed by atoms with E-state index >= 15 is 0 Å². The molecule has 1 aliphatic rings. The summed E-state index contributed by atoms with van der Waals surface area (Å²) in [6.07, 6.45) is 7.06. The monoisotopic (exact) mass is 208 g/mol. The van der Waals surface area contributed by atoms with Gasteiger partial charge in [-0.2, -0.15) is 5.10 Å². The molecule has 0 aromatic carbocycles. The maximum absolute atomic E-state index is 4.19. The summed E-state index contributed by atoms with van der Waals surface area (Å²) < 4.78 is 1.83. The van der Waals surface area contributed by atoms with Crippen molar-refractivity contribution in [3.63, 3.8) is 0 Å². The Morgan fingerprint density at radius 2 is 2.33 bits per heavy atom. The Balaban J connectivity index is 1.73. The summed E-state index contributed by atoms with van der Waals surface area (Å²) in [6.45, 7) is 4.23. The third-order valence-corrected chi connectivity index (χ3v) is 3.33. The minimum Gasteiger partial charge on any atom is -0.309 e. The van der Waals surface area contributed by atoms with Crippen LogP contribution < -0.4 is 5.32 Å². The molecule has 0 atom stereocenters. The lowest BCUT2D eigenvalue weighted by molar-refractivity contribution is 0.415. The minimum absolute atomic E-state index is 0.618. The SMILES string of the molecule is CCCC1(CNCc2ncnn2C)CC1. The number of hydrogen-bond acceptors (Lipinski definition) is 3. The molecule has 0 radical (unpaired) electrons. The second kappa shape index (κ2) is 4.31. The summed E-state index contributed by atoms with van der Waals surface area (Å²) in [6, 6.07) is 0. The van der Waals surface area contributed by atoms with Crippen LogP contribution >= 0.6 is 0 Å². The van der Waals surface area contributed by atoms with Crippen LogP contribution in [0.4, 0.5) is 0 Å². The fourth-order valence-corrected chi connectivity index (χ4v) is 2.14. The largest absolute Gasteiger partial charge is 0.309 e. The molecule has 1 aromatic heterocycles. The molecule has 1 heterocycles. The van der Waals surface area contributed by atoms with Crippen molar-refractivity contribution in [3.8, 4) is 0 Å². The first-order chi connectivity index (χ1) is 7.26. The van der Waals surface area contributed by atoms with Crippen molar-refractivity contribution in [2.45, 2.75) is 39.2 Å². The summed E-state index contributed by atoms with van der Waals surface area (Å²) in [4.78, 5) is 4.19. The van der Waals surface area contributed by atoms with E-state index in [1.165, 1.54) is 25.7 Å². The van der Waals surface area contributed by atoms with E-state index in [-0.39, 0.29) is 0 Å². The van der Waals surface area contributed by atoms with E-state index in [0.29, 0.717) is 5.41 Å². The van der Waals surface area contributed by atoms with Gasteiger partial charge < -0.3 is 5.32 Å². The van der Waals surface area contributed by atoms with Crippen molar-refractivity contribution in [1.29, 1.82) is 0 Å². The van der Waals surface area contributed by atoms with Gasteiger partial charge in [-0.15, -0.1) is 0 Å². The van der Waals surface area contributed by atoms with Gasteiger partial charge in [-0.3, -0.25) is 4.68 Å². The molecule has 15 heavy (non-hydrogen) atoms. The summed E-state index contributed by atoms with van der Waals surface area (Å²) in [5, 5.41) is 7.54. The van der Waals surface area contributed by atoms with Gasteiger partial charge in [-0.25, -0.2) is 4.98 Å². The van der Waals surface area contributed by atoms with Crippen molar-refractivity contribution in [3.05, 3.63) is 12.2 Å². The Kier molecular flexibility index (Phi) is 3.05. The lowest BCUT2D eigenvalue weighted by Crippen LogP contribution is -2.25. The summed E-state index contributed by atoms with van der Waals surface area (Å²) in [7, 11) is 1.93. The van der Waals surface area contributed by atoms with Gasteiger partial charge in [0.2, 0.25) is 0 Å². The molecular weight excluding hydrogens is 188 g/mol. The molecule has 2 rings (SSSR count). The highest BCUT2D eigenvalue weighted by molar-refractivity contribution is 4.95. The van der Waals surface area contributed by atoms with Gasteiger partial charge in [0.05, 0.1) is 6.54 Å². The molecule has 0 unspecified atom stereocenters. The highest BCUT2D eigenvalue weighted by Gasteiger charge is 2.40. The maximum Gasteiger partial charge on any atom is 0.140 e. The van der Waals surface area contributed by atoms with E-state index in [2.05, 4.69) is 22.3 Å². The van der Waals surface area contributed by atoms with Crippen molar-refractivity contribution >= 4 is 0 Å². The molecule has 0 saturated heterocycles. The Labute approximate surface area is 91.1 Å². The second-order valence-corrected chi connectivity index (χ2v) is 4.65. The van der Waals surface area contributed by atoms with Crippen LogP contribution in [0.1, 0.15) is 38.4 Å². The lowest BCUT2D eigenvalue weighted by atomic mass is 10.0. The fraction of sp³-hybridized carbons (Fsp3) is 0.818. The van der Waals surface area contributed by atoms with E-state index in [1.807, 2.05) is 11.7 Å². The number of rotatable bonds is 6. The molecule has 0 bridgehead atoms. The Hall–Kier alpha value is -0.900. The van der Waals surface area contributed by atoms with Crippen LogP contribution in [0.25, 0.3) is 0 Å². The first-order valence-corrected chi connectivity index (χ1v) is 5.79. The fourth-order valence-electron chi connectivity index (χ4n) is 2.14. The highest BCUT2D eigenvalue weighted by atomic mass is 15.3. The number of nitrogens with zero attached hydrogens (tertiary/aromatic N) is 3. The molecule has 1 saturated carbocycles. The number of nitrogens with one attached hydrogen (secondary N) is 1. The zero-order valence-corrected chi connectivity index (χ0v) is 9.66. The van der Waals surface area contributed by atoms with Gasteiger partial charge >= 0.3 is 0 Å². The average molecular weight is 208 g/mol. The molecule has 1 aliphatic carbocycles. The van der Waals surface area contributed by atoms with Gasteiger partial charge in [-0.05, 0) is 24.7 Å². The molecule has 1 aromatic rings. The van der Waals surface area contributed by atoms with Crippen LogP contribution in [0.15, 0.2) is 6.33 Å². The molecule has 0 spiro atoms. The van der Waals surface area contributed by atoms with E-state index < -0.39 is 0 Å². The quantitative estimate of drug-likeness (QED) is 0.770. The Morgan fingerprint density at radius 1 is 1.53 bits per heavy atom. The smallest absolute Gasteiger partial charge is 0.140 e. The molecule has 1 N–H and O–H groups in total. The molecule has 4 heteroatoms. The first-order valence-electron chi connectivity index (χ1n) is 5.79. The van der Waals surface area contributed by atoms with Crippen LogP contribution in [0.2, 0.25) is 0 Å². The van der Waals surface area contributed by atoms with Crippen LogP contribution in [0, 0.1) is 5.41 Å². The van der Waals surface area contributed by atoms with Crippen molar-refractivity contribution < 1.29 is 0 Å². The predicted molar refractivity (Wildman–Crippen MR) is 59.3 cm³/mol. The predicted octanol–water partition coefficient (Wildman–Crippen LogP) is 1.48. The van der Waals surface area contributed by atoms with E-state index in [4.69, 9.17) is 0 Å². The van der Waals surface area contributed by atoms with E-state index in [0.717, 1.165) is 18.9 Å². The van der Waals surface area contributed by atoms with E-state index in [1.54, 1.807) is 6.33 Å². The molecule has 84 valence electrons. The zero-order valence-electron chi connectivity index (χ0n) is 9.66. The first kappa shape index (κ1) is 10.6. The third-order valence-electron chi connectivity index (χ3n) is 3.33. The normalized spacial score (nSPS) is 18.0. The van der Waals surface area contributed by atoms with Gasteiger partial charge in [-0.1, -0.05) is 13.3 Å². The van der Waals surface area contributed by atoms with Crippen LogP contribution in [0.3, 0.4) is 0 Å². The van der Waals surface area contributed by atoms with Crippen LogP contribution in [-0.4, -0.2) is 21.3 Å². The topological polar surface area (TPSA) is 42.7 Å². The number of aryl methyl sites for hydroxylation is 1. The third kappa shape index (κ3) is 2.56. The highest BCUT2D eigenvalue weighted by Crippen LogP contribution is 2.48. The molecule has 4 nitrogen and oxygen atoms in total. The van der Waals surface area contributed by atoms with Crippen LogP contribution in [0.5, 0.6) is 0 Å². The van der Waals surface area contributed by atoms with Gasteiger partial charge in [0, 0.05) is 13.6 Å². The molecule has 0 amide bonds. The number of hydrogen-bond donors (Lipinski definition) is 1. The molecule has 1 fully saturated rings. The zero-order chi connectivity index (χ0) is 10.7. The number of aromatic nitrogens is 3. The van der Waals surface area contributed by atoms with E-state index in [9.17, 15) is 0 Å². The van der Waals surface area contributed by atoms with Crippen molar-refractivity contribution in [2.24, 2.45) is 12.5 Å². The Morgan fingerprint density at radius 3 is 2.87 bits per heavy atom. The van der Waals surface area contributed by atoms with Gasteiger partial charge in [0.1, 0.15) is 12.2 Å².